The highest BCUT2D eigenvalue weighted by atomic mass is 32.2. The molecule has 7 aromatic carbocycles. The number of rotatable bonds is 7. The number of aryl methyl sites for hydroxylation is 1. The summed E-state index contributed by atoms with van der Waals surface area (Å²) in [5, 5.41) is 0.950. The fraction of sp³-hybridized carbons (Fsp3) is 0.0217. The van der Waals surface area contributed by atoms with Crippen LogP contribution in [0.4, 0.5) is 0 Å². The van der Waals surface area contributed by atoms with Crippen LogP contribution in [0.5, 0.6) is 0 Å². The maximum Gasteiger partial charge on any atom is 0.336 e. The van der Waals surface area contributed by atoms with Crippen LogP contribution in [0.15, 0.2) is 230 Å². The molecule has 0 bridgehead atoms. The average molecular weight is 665 g/mol. The molecule has 0 unspecified atom stereocenters. The quantitative estimate of drug-likeness (QED) is 0.0976. The summed E-state index contributed by atoms with van der Waals surface area (Å²) in [5.41, 5.74) is 6.87. The van der Waals surface area contributed by atoms with Crippen LogP contribution in [-0.4, -0.2) is 6.15 Å². The highest BCUT2D eigenvalue weighted by molar-refractivity contribution is 7.97. The third kappa shape index (κ3) is 6.71. The van der Waals surface area contributed by atoms with E-state index in [2.05, 4.69) is 183 Å². The summed E-state index contributed by atoms with van der Waals surface area (Å²) < 4.78 is 5.43. The van der Waals surface area contributed by atoms with E-state index in [1.54, 1.807) is 0 Å². The maximum atomic E-state index is 11.6. The van der Waals surface area contributed by atoms with Crippen LogP contribution in [0.25, 0.3) is 11.0 Å². The van der Waals surface area contributed by atoms with E-state index in [0.29, 0.717) is 5.58 Å². The summed E-state index contributed by atoms with van der Waals surface area (Å²) >= 11 is 0. The fourth-order valence-electron chi connectivity index (χ4n) is 7.06. The second-order valence-electron chi connectivity index (χ2n) is 12.4. The minimum Gasteiger partial charge on any atom is -0.423 e. The topological polar surface area (TPSA) is 30.2 Å². The number of fused-ring (bicyclic) bond motifs is 1. The van der Waals surface area contributed by atoms with Crippen molar-refractivity contribution in [2.45, 2.75) is 21.6 Å². The zero-order chi connectivity index (χ0) is 34.2. The van der Waals surface area contributed by atoms with Crippen LogP contribution in [0.2, 0.25) is 0 Å². The molecule has 0 fully saturated rings. The molecule has 0 aliphatic carbocycles. The van der Waals surface area contributed by atoms with Crippen molar-refractivity contribution in [1.29, 1.82) is 0 Å². The van der Waals surface area contributed by atoms with Gasteiger partial charge < -0.3 is 4.42 Å². The highest BCUT2D eigenvalue weighted by Gasteiger charge is 2.32. The van der Waals surface area contributed by atoms with Crippen LogP contribution >= 0.6 is 0 Å². The Morgan fingerprint density at radius 3 is 1.18 bits per heavy atom. The lowest BCUT2D eigenvalue weighted by molar-refractivity contribution is 0.560. The minimum absolute atomic E-state index is 0.251. The van der Waals surface area contributed by atoms with Crippen LogP contribution in [0.3, 0.4) is 0 Å². The first-order chi connectivity index (χ1) is 24.6. The van der Waals surface area contributed by atoms with Gasteiger partial charge in [-0.1, -0.05) is 158 Å². The summed E-state index contributed by atoms with van der Waals surface area (Å²) in [4.78, 5) is 15.3. The molecule has 4 heteroatoms. The van der Waals surface area contributed by atoms with Crippen molar-refractivity contribution in [3.8, 4) is 0 Å². The standard InChI is InChI=1S/C24H20B.C22H17O2S/c1-5-13-21(14-6-1)25(22-15-7-2-8-16-22,23-17-9-3-10-18-23)24-19-11-4-12-20-24;1-16-14-17-12-13-22(23)24-20(17)15-21(16)25(18-8-4-2-5-9-18)19-10-6-3-7-11-19/h1-20H;2-15H,1H3/q-1;+1. The van der Waals surface area contributed by atoms with E-state index in [9.17, 15) is 4.79 Å². The monoisotopic (exact) mass is 664 g/mol. The van der Waals surface area contributed by atoms with Gasteiger partial charge in [0.25, 0.3) is 0 Å². The van der Waals surface area contributed by atoms with Gasteiger partial charge in [-0.05, 0) is 43.3 Å². The van der Waals surface area contributed by atoms with Crippen molar-refractivity contribution < 1.29 is 4.42 Å². The molecule has 0 saturated carbocycles. The number of hydrogen-bond donors (Lipinski definition) is 0. The van der Waals surface area contributed by atoms with Crippen LogP contribution in [0, 0.1) is 6.92 Å². The minimum atomic E-state index is -1.22. The molecule has 0 spiro atoms. The second kappa shape index (κ2) is 15.2. The molecular weight excluding hydrogens is 627 g/mol. The van der Waals surface area contributed by atoms with Gasteiger partial charge in [0.15, 0.2) is 14.7 Å². The summed E-state index contributed by atoms with van der Waals surface area (Å²) in [6.07, 6.45) is -1.22. The zero-order valence-corrected chi connectivity index (χ0v) is 28.7. The summed E-state index contributed by atoms with van der Waals surface area (Å²) in [5.74, 6) is 0. The van der Waals surface area contributed by atoms with Crippen LogP contribution in [-0.2, 0) is 10.9 Å². The van der Waals surface area contributed by atoms with E-state index in [-0.39, 0.29) is 16.5 Å². The predicted molar refractivity (Wildman–Crippen MR) is 212 cm³/mol. The van der Waals surface area contributed by atoms with Gasteiger partial charge in [-0.15, -0.1) is 0 Å². The van der Waals surface area contributed by atoms with Gasteiger partial charge in [0.2, 0.25) is 0 Å². The van der Waals surface area contributed by atoms with Crippen molar-refractivity contribution in [3.05, 3.63) is 222 Å². The number of benzene rings is 7. The zero-order valence-electron chi connectivity index (χ0n) is 27.9. The van der Waals surface area contributed by atoms with E-state index in [0.717, 1.165) is 5.39 Å². The van der Waals surface area contributed by atoms with E-state index in [1.807, 2.05) is 24.3 Å². The average Bonchev–Trinajstić information content (AvgIpc) is 3.19. The molecule has 1 aromatic heterocycles. The van der Waals surface area contributed by atoms with Crippen molar-refractivity contribution >= 4 is 49.9 Å². The van der Waals surface area contributed by atoms with E-state index < -0.39 is 6.15 Å². The molecule has 0 aliphatic heterocycles. The molecular formula is C46H37BO2S. The molecule has 0 aliphatic rings. The van der Waals surface area contributed by atoms with E-state index in [4.69, 9.17) is 4.42 Å². The lowest BCUT2D eigenvalue weighted by atomic mass is 9.13. The van der Waals surface area contributed by atoms with Gasteiger partial charge in [0.1, 0.15) is 11.7 Å². The van der Waals surface area contributed by atoms with Crippen molar-refractivity contribution in [2.24, 2.45) is 0 Å². The largest absolute Gasteiger partial charge is 0.423 e. The molecule has 8 rings (SSSR count). The van der Waals surface area contributed by atoms with Gasteiger partial charge in [-0.25, -0.2) is 4.79 Å². The molecule has 0 amide bonds. The number of hydrogen-bond acceptors (Lipinski definition) is 2. The molecule has 0 atom stereocenters. The first-order valence-electron chi connectivity index (χ1n) is 16.9. The molecule has 0 N–H and O–H groups in total. The Labute approximate surface area is 297 Å². The summed E-state index contributed by atoms with van der Waals surface area (Å²) in [7, 11) is -0.251. The fourth-order valence-corrected chi connectivity index (χ4v) is 9.30. The Balaban J connectivity index is 0.000000157. The normalized spacial score (nSPS) is 11.2. The Kier molecular flexibility index (Phi) is 9.91. The van der Waals surface area contributed by atoms with Crippen molar-refractivity contribution in [1.82, 2.24) is 0 Å². The predicted octanol–water partition coefficient (Wildman–Crippen LogP) is 8.26. The second-order valence-corrected chi connectivity index (χ2v) is 14.3. The van der Waals surface area contributed by atoms with E-state index >= 15 is 0 Å². The Bertz CT molecular complexity index is 2130. The molecule has 242 valence electrons. The molecule has 1 heterocycles. The Hall–Kier alpha value is -5.84. The lowest BCUT2D eigenvalue weighted by Gasteiger charge is -2.44. The van der Waals surface area contributed by atoms with Crippen molar-refractivity contribution in [2.75, 3.05) is 0 Å². The lowest BCUT2D eigenvalue weighted by Crippen LogP contribution is -2.74. The van der Waals surface area contributed by atoms with Gasteiger partial charge in [-0.2, -0.15) is 21.9 Å². The molecule has 0 radical (unpaired) electrons. The first kappa shape index (κ1) is 32.7. The SMILES string of the molecule is Cc1cc2ccc(=O)oc2cc1[S+](c1ccccc1)c1ccccc1.c1ccc([B-](c2ccccc2)(c2ccccc2)c2ccccc2)cc1. The first-order valence-corrected chi connectivity index (χ1v) is 18.1. The molecule has 2 nitrogen and oxygen atoms in total. The highest BCUT2D eigenvalue weighted by Crippen LogP contribution is 2.34. The Morgan fingerprint density at radius 2 is 0.800 bits per heavy atom. The maximum absolute atomic E-state index is 11.6. The van der Waals surface area contributed by atoms with Crippen LogP contribution in [0.1, 0.15) is 5.56 Å². The third-order valence-electron chi connectivity index (χ3n) is 9.29. The van der Waals surface area contributed by atoms with Gasteiger partial charge >= 0.3 is 5.63 Å². The molecule has 8 aromatic rings. The van der Waals surface area contributed by atoms with Gasteiger partial charge in [-0.3, -0.25) is 0 Å². The van der Waals surface area contributed by atoms with Gasteiger partial charge in [0.05, 0.1) is 10.9 Å². The van der Waals surface area contributed by atoms with E-state index in [1.165, 1.54) is 48.2 Å². The third-order valence-corrected chi connectivity index (χ3v) is 11.7. The summed E-state index contributed by atoms with van der Waals surface area (Å²) in [6.45, 7) is 2.12. The van der Waals surface area contributed by atoms with Gasteiger partial charge in [0, 0.05) is 23.1 Å². The summed E-state index contributed by atoms with van der Waals surface area (Å²) in [6, 6.07) is 71.9. The Morgan fingerprint density at radius 1 is 0.440 bits per heavy atom. The molecule has 0 saturated heterocycles. The van der Waals surface area contributed by atoms with Crippen LogP contribution < -0.4 is 27.5 Å². The van der Waals surface area contributed by atoms with Crippen molar-refractivity contribution in [3.63, 3.8) is 0 Å². The smallest absolute Gasteiger partial charge is 0.336 e. The molecule has 50 heavy (non-hydrogen) atoms.